The van der Waals surface area contributed by atoms with Crippen molar-refractivity contribution in [3.05, 3.63) is 95.1 Å². The maximum Gasteiger partial charge on any atom is 0.193 e. The van der Waals surface area contributed by atoms with Crippen molar-refractivity contribution in [2.24, 2.45) is 0 Å². The first-order valence-electron chi connectivity index (χ1n) is 8.72. The van der Waals surface area contributed by atoms with Crippen LogP contribution in [0.4, 0.5) is 0 Å². The van der Waals surface area contributed by atoms with E-state index in [1.807, 2.05) is 42.5 Å². The second-order valence-electron chi connectivity index (χ2n) is 6.41. The van der Waals surface area contributed by atoms with Crippen LogP contribution in [-0.2, 0) is 0 Å². The molecule has 4 nitrogen and oxygen atoms in total. The third-order valence-corrected chi connectivity index (χ3v) is 4.79. The third-order valence-electron chi connectivity index (χ3n) is 4.79. The molecular formula is C23H18O4. The molecule has 1 atom stereocenters. The number of hydrogen-bond acceptors (Lipinski definition) is 4. The van der Waals surface area contributed by atoms with E-state index in [2.05, 4.69) is 0 Å². The van der Waals surface area contributed by atoms with E-state index in [1.54, 1.807) is 37.4 Å². The van der Waals surface area contributed by atoms with Crippen molar-refractivity contribution in [1.29, 1.82) is 0 Å². The first kappa shape index (κ1) is 17.0. The molecule has 0 fully saturated rings. The predicted octanol–water partition coefficient (Wildman–Crippen LogP) is 4.29. The molecule has 1 heterocycles. The maximum atomic E-state index is 12.9. The quantitative estimate of drug-likeness (QED) is 0.653. The van der Waals surface area contributed by atoms with Gasteiger partial charge in [-0.1, -0.05) is 48.5 Å². The Morgan fingerprint density at radius 3 is 2.41 bits per heavy atom. The first-order chi connectivity index (χ1) is 13.2. The van der Waals surface area contributed by atoms with Crippen LogP contribution in [0.2, 0.25) is 0 Å². The van der Waals surface area contributed by atoms with Gasteiger partial charge < -0.3 is 9.47 Å². The van der Waals surface area contributed by atoms with Crippen LogP contribution in [0.3, 0.4) is 0 Å². The molecule has 1 aliphatic heterocycles. The van der Waals surface area contributed by atoms with Crippen LogP contribution in [-0.4, -0.2) is 25.3 Å². The molecular weight excluding hydrogens is 340 g/mol. The summed E-state index contributed by atoms with van der Waals surface area (Å²) in [4.78, 5) is 25.5. The second kappa shape index (κ2) is 7.08. The SMILES string of the molecule is COc1ccc(C2COc3cc(C(=O)c4ccccc4)ccc3C2=O)cc1. The Labute approximate surface area is 157 Å². The molecule has 134 valence electrons. The van der Waals surface area contributed by atoms with Crippen LogP contribution in [0.5, 0.6) is 11.5 Å². The van der Waals surface area contributed by atoms with Gasteiger partial charge in [0.2, 0.25) is 0 Å². The van der Waals surface area contributed by atoms with Crippen LogP contribution < -0.4 is 9.47 Å². The smallest absolute Gasteiger partial charge is 0.193 e. The molecule has 0 amide bonds. The van der Waals surface area contributed by atoms with E-state index in [0.29, 0.717) is 22.4 Å². The highest BCUT2D eigenvalue weighted by Crippen LogP contribution is 2.34. The lowest BCUT2D eigenvalue weighted by Gasteiger charge is -2.25. The summed E-state index contributed by atoms with van der Waals surface area (Å²) >= 11 is 0. The lowest BCUT2D eigenvalue weighted by Crippen LogP contribution is -2.26. The highest BCUT2D eigenvalue weighted by Gasteiger charge is 2.30. The minimum Gasteiger partial charge on any atom is -0.497 e. The molecule has 0 bridgehead atoms. The van der Waals surface area contributed by atoms with Crippen LogP contribution in [0.25, 0.3) is 0 Å². The van der Waals surface area contributed by atoms with E-state index < -0.39 is 0 Å². The van der Waals surface area contributed by atoms with Crippen molar-refractivity contribution in [2.75, 3.05) is 13.7 Å². The van der Waals surface area contributed by atoms with Gasteiger partial charge in [0.05, 0.1) is 18.6 Å². The predicted molar refractivity (Wildman–Crippen MR) is 102 cm³/mol. The van der Waals surface area contributed by atoms with E-state index in [4.69, 9.17) is 9.47 Å². The number of fused-ring (bicyclic) bond motifs is 1. The Balaban J connectivity index is 1.61. The molecule has 27 heavy (non-hydrogen) atoms. The van der Waals surface area contributed by atoms with Gasteiger partial charge in [-0.15, -0.1) is 0 Å². The summed E-state index contributed by atoms with van der Waals surface area (Å²) in [6, 6.07) is 21.5. The summed E-state index contributed by atoms with van der Waals surface area (Å²) in [5.41, 5.74) is 2.51. The van der Waals surface area contributed by atoms with E-state index in [0.717, 1.165) is 11.3 Å². The Bertz CT molecular complexity index is 991. The molecule has 3 aromatic carbocycles. The van der Waals surface area contributed by atoms with Crippen molar-refractivity contribution in [2.45, 2.75) is 5.92 Å². The van der Waals surface area contributed by atoms with Gasteiger partial charge >= 0.3 is 0 Å². The lowest BCUT2D eigenvalue weighted by atomic mass is 9.88. The zero-order valence-corrected chi connectivity index (χ0v) is 14.8. The molecule has 1 unspecified atom stereocenters. The zero-order valence-electron chi connectivity index (χ0n) is 14.8. The fourth-order valence-electron chi connectivity index (χ4n) is 3.26. The van der Waals surface area contributed by atoms with Gasteiger partial charge in [-0.2, -0.15) is 0 Å². The van der Waals surface area contributed by atoms with E-state index in [-0.39, 0.29) is 24.1 Å². The number of carbonyl (C=O) groups is 2. The van der Waals surface area contributed by atoms with Gasteiger partial charge in [0.15, 0.2) is 11.6 Å². The molecule has 4 rings (SSSR count). The van der Waals surface area contributed by atoms with E-state index >= 15 is 0 Å². The van der Waals surface area contributed by atoms with Crippen molar-refractivity contribution in [3.63, 3.8) is 0 Å². The molecule has 4 heteroatoms. The number of ether oxygens (including phenoxy) is 2. The lowest BCUT2D eigenvalue weighted by molar-refractivity contribution is 0.0894. The van der Waals surface area contributed by atoms with Crippen molar-refractivity contribution in [1.82, 2.24) is 0 Å². The number of ketones is 2. The highest BCUT2D eigenvalue weighted by atomic mass is 16.5. The van der Waals surface area contributed by atoms with E-state index in [1.165, 1.54) is 0 Å². The first-order valence-corrected chi connectivity index (χ1v) is 8.72. The van der Waals surface area contributed by atoms with Gasteiger partial charge in [-0.25, -0.2) is 0 Å². The summed E-state index contributed by atoms with van der Waals surface area (Å²) in [6.07, 6.45) is 0. The van der Waals surface area contributed by atoms with E-state index in [9.17, 15) is 9.59 Å². The minimum atomic E-state index is -0.362. The average molecular weight is 358 g/mol. The Kier molecular flexibility index (Phi) is 4.47. The Morgan fingerprint density at radius 2 is 1.70 bits per heavy atom. The molecule has 0 spiro atoms. The van der Waals surface area contributed by atoms with Crippen LogP contribution in [0, 0.1) is 0 Å². The fourth-order valence-corrected chi connectivity index (χ4v) is 3.26. The largest absolute Gasteiger partial charge is 0.497 e. The molecule has 0 saturated heterocycles. The molecule has 3 aromatic rings. The second-order valence-corrected chi connectivity index (χ2v) is 6.41. The summed E-state index contributed by atoms with van der Waals surface area (Å²) in [7, 11) is 1.61. The van der Waals surface area contributed by atoms with Gasteiger partial charge in [0.1, 0.15) is 18.1 Å². The van der Waals surface area contributed by atoms with Crippen LogP contribution in [0.15, 0.2) is 72.8 Å². The van der Waals surface area contributed by atoms with Gasteiger partial charge in [-0.05, 0) is 29.8 Å². The van der Waals surface area contributed by atoms with Gasteiger partial charge in [0.25, 0.3) is 0 Å². The molecule has 0 aromatic heterocycles. The zero-order chi connectivity index (χ0) is 18.8. The topological polar surface area (TPSA) is 52.6 Å². The molecule has 0 N–H and O–H groups in total. The number of methoxy groups -OCH3 is 1. The van der Waals surface area contributed by atoms with Crippen molar-refractivity contribution >= 4 is 11.6 Å². The Morgan fingerprint density at radius 1 is 0.963 bits per heavy atom. The number of rotatable bonds is 4. The molecule has 0 saturated carbocycles. The summed E-state index contributed by atoms with van der Waals surface area (Å²) in [5, 5.41) is 0. The third kappa shape index (κ3) is 3.22. The van der Waals surface area contributed by atoms with Gasteiger partial charge in [0, 0.05) is 11.1 Å². The minimum absolute atomic E-state index is 0.000118. The summed E-state index contributed by atoms with van der Waals surface area (Å²) < 4.78 is 11.0. The number of Topliss-reactive ketones (excluding diaryl/α,β-unsaturated/α-hetero) is 1. The average Bonchev–Trinajstić information content (AvgIpc) is 2.74. The summed E-state index contributed by atoms with van der Waals surface area (Å²) in [5.74, 6) is 0.755. The molecule has 0 aliphatic carbocycles. The monoisotopic (exact) mass is 358 g/mol. The Hall–Kier alpha value is -3.40. The maximum absolute atomic E-state index is 12.9. The van der Waals surface area contributed by atoms with Crippen LogP contribution in [0.1, 0.15) is 37.8 Å². The normalized spacial score (nSPS) is 15.6. The van der Waals surface area contributed by atoms with Crippen molar-refractivity contribution in [3.8, 4) is 11.5 Å². The number of hydrogen-bond donors (Lipinski definition) is 0. The number of carbonyl (C=O) groups excluding carboxylic acids is 2. The highest BCUT2D eigenvalue weighted by molar-refractivity contribution is 6.11. The standard InChI is InChI=1S/C23H18O4/c1-26-18-10-7-15(8-11-18)20-14-27-21-13-17(9-12-19(21)23(20)25)22(24)16-5-3-2-4-6-16/h2-13,20H,14H2,1H3. The van der Waals surface area contributed by atoms with Crippen LogP contribution >= 0.6 is 0 Å². The summed E-state index contributed by atoms with van der Waals surface area (Å²) in [6.45, 7) is 0.251. The van der Waals surface area contributed by atoms with Gasteiger partial charge in [-0.3, -0.25) is 9.59 Å². The fraction of sp³-hybridized carbons (Fsp3) is 0.130. The number of benzene rings is 3. The molecule has 1 aliphatic rings. The van der Waals surface area contributed by atoms with Crippen molar-refractivity contribution < 1.29 is 19.1 Å². The molecule has 0 radical (unpaired) electrons.